The van der Waals surface area contributed by atoms with E-state index < -0.39 is 16.1 Å². The number of carbonyl (C=O) groups is 2. The molecule has 0 unspecified atom stereocenters. The molecule has 0 aromatic heterocycles. The monoisotopic (exact) mass is 603 g/mol. The van der Waals surface area contributed by atoms with E-state index in [4.69, 9.17) is 11.6 Å². The van der Waals surface area contributed by atoms with Crippen molar-refractivity contribution >= 4 is 49.9 Å². The highest BCUT2D eigenvalue weighted by molar-refractivity contribution is 7.93. The van der Waals surface area contributed by atoms with Crippen LogP contribution in [0, 0.1) is 0 Å². The van der Waals surface area contributed by atoms with Crippen LogP contribution in [0.3, 0.4) is 0 Å². The summed E-state index contributed by atoms with van der Waals surface area (Å²) in [5, 5.41) is 5.09. The molecule has 1 aliphatic rings. The number of sulfonamides is 1. The van der Waals surface area contributed by atoms with Crippen molar-refractivity contribution in [3.8, 4) is 0 Å². The predicted molar refractivity (Wildman–Crippen MR) is 167 cm³/mol. The Bertz CT molecular complexity index is 1690. The van der Waals surface area contributed by atoms with Crippen molar-refractivity contribution in [2.75, 3.05) is 17.4 Å². The van der Waals surface area contributed by atoms with Crippen LogP contribution in [0.4, 0.5) is 5.69 Å². The van der Waals surface area contributed by atoms with Crippen molar-refractivity contribution < 1.29 is 18.0 Å². The molecule has 4 aromatic rings. The van der Waals surface area contributed by atoms with Crippen LogP contribution in [0.15, 0.2) is 95.9 Å². The van der Waals surface area contributed by atoms with Crippen LogP contribution < -0.4 is 9.62 Å². The molecule has 1 N–H and O–H groups in total. The Labute approximate surface area is 252 Å². The summed E-state index contributed by atoms with van der Waals surface area (Å²) in [6, 6.07) is 26.9. The standard InChI is InChI=1S/C33H34ClN3O4S/c1-2-19-35-33(39)29(22-24-10-4-3-5-11-24)36(23-25-12-6-15-27(34)21-25)31(38)18-9-20-37-28-16-7-13-26-14-8-17-30(32(26)28)42(37,40)41/h3-8,10-17,21,29H,2,9,18-20,22-23H2,1H3,(H,35,39)/t29-/m1/s1. The summed E-state index contributed by atoms with van der Waals surface area (Å²) in [6.45, 7) is 2.83. The number of anilines is 1. The minimum atomic E-state index is -3.72. The number of rotatable bonds is 12. The molecule has 4 aromatic carbocycles. The fraction of sp³-hybridized carbons (Fsp3) is 0.273. The Morgan fingerprint density at radius 3 is 2.38 bits per heavy atom. The molecular formula is C33H34ClN3O4S. The van der Waals surface area contributed by atoms with Gasteiger partial charge in [0.05, 0.1) is 10.6 Å². The van der Waals surface area contributed by atoms with Gasteiger partial charge in [-0.25, -0.2) is 8.42 Å². The Morgan fingerprint density at radius 1 is 0.929 bits per heavy atom. The van der Waals surface area contributed by atoms with Gasteiger partial charge in [0, 0.05) is 42.9 Å². The summed E-state index contributed by atoms with van der Waals surface area (Å²) in [6.07, 6.45) is 1.49. The number of benzene rings is 4. The molecule has 7 nitrogen and oxygen atoms in total. The Morgan fingerprint density at radius 2 is 1.64 bits per heavy atom. The van der Waals surface area contributed by atoms with Crippen LogP contribution in [-0.4, -0.2) is 44.3 Å². The summed E-state index contributed by atoms with van der Waals surface area (Å²) < 4.78 is 28.2. The second kappa shape index (κ2) is 13.0. The average molecular weight is 604 g/mol. The number of carbonyl (C=O) groups excluding carboxylic acids is 2. The van der Waals surface area contributed by atoms with E-state index in [1.54, 1.807) is 35.2 Å². The highest BCUT2D eigenvalue weighted by Crippen LogP contribution is 2.42. The molecule has 0 bridgehead atoms. The second-order valence-corrected chi connectivity index (χ2v) is 12.7. The van der Waals surface area contributed by atoms with Gasteiger partial charge in [-0.3, -0.25) is 13.9 Å². The van der Waals surface area contributed by atoms with E-state index in [-0.39, 0.29) is 31.3 Å². The Balaban J connectivity index is 1.39. The maximum atomic E-state index is 13.9. The van der Waals surface area contributed by atoms with Gasteiger partial charge in [-0.15, -0.1) is 0 Å². The number of amides is 2. The first kappa shape index (κ1) is 29.6. The lowest BCUT2D eigenvalue weighted by Crippen LogP contribution is -2.50. The summed E-state index contributed by atoms with van der Waals surface area (Å²) >= 11 is 6.26. The first-order chi connectivity index (χ1) is 20.3. The van der Waals surface area contributed by atoms with Gasteiger partial charge in [-0.2, -0.15) is 0 Å². The molecule has 0 fully saturated rings. The number of halogens is 1. The molecule has 0 saturated heterocycles. The first-order valence-electron chi connectivity index (χ1n) is 14.2. The van der Waals surface area contributed by atoms with Crippen molar-refractivity contribution in [3.63, 3.8) is 0 Å². The summed E-state index contributed by atoms with van der Waals surface area (Å²) in [5.41, 5.74) is 2.38. The third kappa shape index (κ3) is 6.30. The van der Waals surface area contributed by atoms with Crippen molar-refractivity contribution in [1.29, 1.82) is 0 Å². The minimum absolute atomic E-state index is 0.0747. The second-order valence-electron chi connectivity index (χ2n) is 10.5. The third-order valence-corrected chi connectivity index (χ3v) is 9.59. The number of nitrogens with one attached hydrogen (secondary N) is 1. The molecule has 42 heavy (non-hydrogen) atoms. The molecule has 218 valence electrons. The molecule has 5 rings (SSSR count). The molecule has 1 aliphatic heterocycles. The smallest absolute Gasteiger partial charge is 0.265 e. The molecule has 0 spiro atoms. The summed E-state index contributed by atoms with van der Waals surface area (Å²) in [5.74, 6) is -0.449. The maximum absolute atomic E-state index is 13.9. The van der Waals surface area contributed by atoms with Crippen LogP contribution in [0.2, 0.25) is 5.02 Å². The van der Waals surface area contributed by atoms with Crippen LogP contribution in [-0.2, 0) is 32.6 Å². The van der Waals surface area contributed by atoms with E-state index in [0.717, 1.165) is 22.9 Å². The zero-order chi connectivity index (χ0) is 29.7. The SMILES string of the molecule is CCCNC(=O)[C@@H](Cc1ccccc1)N(Cc1cccc(Cl)c1)C(=O)CCCN1c2cccc3cccc(c23)S1(=O)=O. The van der Waals surface area contributed by atoms with Gasteiger partial charge < -0.3 is 10.2 Å². The highest BCUT2D eigenvalue weighted by Gasteiger charge is 2.36. The lowest BCUT2D eigenvalue weighted by molar-refractivity contribution is -0.141. The third-order valence-electron chi connectivity index (χ3n) is 7.50. The molecule has 9 heteroatoms. The van der Waals surface area contributed by atoms with Gasteiger partial charge in [-0.1, -0.05) is 85.3 Å². The summed E-state index contributed by atoms with van der Waals surface area (Å²) in [7, 11) is -3.72. The predicted octanol–water partition coefficient (Wildman–Crippen LogP) is 5.95. The van der Waals surface area contributed by atoms with Crippen LogP contribution in [0.1, 0.15) is 37.3 Å². The largest absolute Gasteiger partial charge is 0.354 e. The van der Waals surface area contributed by atoms with Crippen molar-refractivity contribution in [2.24, 2.45) is 0 Å². The fourth-order valence-electron chi connectivity index (χ4n) is 5.47. The van der Waals surface area contributed by atoms with Gasteiger partial charge in [0.15, 0.2) is 0 Å². The Hall–Kier alpha value is -3.88. The molecular weight excluding hydrogens is 570 g/mol. The zero-order valence-corrected chi connectivity index (χ0v) is 25.1. The van der Waals surface area contributed by atoms with Crippen molar-refractivity contribution in [1.82, 2.24) is 10.2 Å². The van der Waals surface area contributed by atoms with Gasteiger partial charge in [0.2, 0.25) is 11.8 Å². The lowest BCUT2D eigenvalue weighted by atomic mass is 10.0. The van der Waals surface area contributed by atoms with Crippen LogP contribution >= 0.6 is 11.6 Å². The molecule has 1 heterocycles. The average Bonchev–Trinajstić information content (AvgIpc) is 3.21. The van der Waals surface area contributed by atoms with E-state index in [1.165, 1.54) is 4.31 Å². The van der Waals surface area contributed by atoms with Crippen molar-refractivity contribution in [3.05, 3.63) is 107 Å². The van der Waals surface area contributed by atoms with Crippen molar-refractivity contribution in [2.45, 2.75) is 50.1 Å². The minimum Gasteiger partial charge on any atom is -0.354 e. The van der Waals surface area contributed by atoms with E-state index in [2.05, 4.69) is 5.32 Å². The van der Waals surface area contributed by atoms with Gasteiger partial charge in [-0.05, 0) is 53.6 Å². The zero-order valence-electron chi connectivity index (χ0n) is 23.5. The summed E-state index contributed by atoms with van der Waals surface area (Å²) in [4.78, 5) is 29.3. The van der Waals surface area contributed by atoms with E-state index >= 15 is 0 Å². The lowest BCUT2D eigenvalue weighted by Gasteiger charge is -2.32. The molecule has 0 aliphatic carbocycles. The molecule has 0 radical (unpaired) electrons. The van der Waals surface area contributed by atoms with Crippen LogP contribution in [0.5, 0.6) is 0 Å². The number of nitrogens with zero attached hydrogens (tertiary/aromatic N) is 2. The first-order valence-corrected chi connectivity index (χ1v) is 16.0. The highest BCUT2D eigenvalue weighted by atomic mass is 35.5. The van der Waals surface area contributed by atoms with E-state index in [1.807, 2.05) is 67.6 Å². The van der Waals surface area contributed by atoms with Gasteiger partial charge >= 0.3 is 0 Å². The molecule has 1 atom stereocenters. The van der Waals surface area contributed by atoms with E-state index in [0.29, 0.717) is 40.4 Å². The van der Waals surface area contributed by atoms with Crippen LogP contribution in [0.25, 0.3) is 10.8 Å². The quantitative estimate of drug-likeness (QED) is 0.217. The normalized spacial score (nSPS) is 14.1. The van der Waals surface area contributed by atoms with Gasteiger partial charge in [0.1, 0.15) is 6.04 Å². The van der Waals surface area contributed by atoms with Gasteiger partial charge in [0.25, 0.3) is 10.0 Å². The molecule has 2 amide bonds. The van der Waals surface area contributed by atoms with E-state index in [9.17, 15) is 18.0 Å². The fourth-order valence-corrected chi connectivity index (χ4v) is 7.43. The Kier molecular flexibility index (Phi) is 9.14. The number of hydrogen-bond donors (Lipinski definition) is 1. The maximum Gasteiger partial charge on any atom is 0.265 e. The topological polar surface area (TPSA) is 86.8 Å². The molecule has 0 saturated carbocycles. The number of hydrogen-bond acceptors (Lipinski definition) is 4.